The van der Waals surface area contributed by atoms with Crippen LogP contribution in [0.5, 0.6) is 0 Å². The van der Waals surface area contributed by atoms with Crippen molar-refractivity contribution in [3.63, 3.8) is 0 Å². The number of fused-ring (bicyclic) bond motifs is 1. The van der Waals surface area contributed by atoms with E-state index in [1.165, 1.54) is 12.8 Å². The third kappa shape index (κ3) is 2.62. The van der Waals surface area contributed by atoms with Crippen molar-refractivity contribution in [2.24, 2.45) is 5.92 Å². The zero-order chi connectivity index (χ0) is 14.9. The molecule has 3 aliphatic rings. The number of aromatic nitrogens is 2. The molecule has 0 bridgehead atoms. The summed E-state index contributed by atoms with van der Waals surface area (Å²) in [6.07, 6.45) is 8.54. The van der Waals surface area contributed by atoms with Gasteiger partial charge in [-0.3, -0.25) is 4.79 Å². The lowest BCUT2D eigenvalue weighted by molar-refractivity contribution is -0.136. The lowest BCUT2D eigenvalue weighted by Crippen LogP contribution is -2.39. The molecule has 4 rings (SSSR count). The number of rotatable bonds is 2. The van der Waals surface area contributed by atoms with Gasteiger partial charge in [0.25, 0.3) is 0 Å². The minimum absolute atomic E-state index is 0.270. The number of nitrogens with one attached hydrogen (secondary N) is 1. The highest BCUT2D eigenvalue weighted by atomic mass is 16.2. The lowest BCUT2D eigenvalue weighted by atomic mass is 10.0. The molecule has 0 spiro atoms. The van der Waals surface area contributed by atoms with E-state index in [4.69, 9.17) is 4.98 Å². The summed E-state index contributed by atoms with van der Waals surface area (Å²) in [7, 11) is 0. The van der Waals surface area contributed by atoms with Crippen molar-refractivity contribution in [1.82, 2.24) is 20.2 Å². The molecule has 0 radical (unpaired) electrons. The van der Waals surface area contributed by atoms with E-state index in [0.29, 0.717) is 18.4 Å². The van der Waals surface area contributed by atoms with Gasteiger partial charge in [0.2, 0.25) is 5.91 Å². The third-order valence-electron chi connectivity index (χ3n) is 5.39. The summed E-state index contributed by atoms with van der Waals surface area (Å²) in [5.74, 6) is 2.07. The predicted molar refractivity (Wildman–Crippen MR) is 83.3 cm³/mol. The number of hydrogen-bond donors (Lipinski definition) is 1. The topological polar surface area (TPSA) is 58.1 Å². The van der Waals surface area contributed by atoms with Gasteiger partial charge in [0, 0.05) is 49.7 Å². The van der Waals surface area contributed by atoms with Crippen LogP contribution in [0.2, 0.25) is 0 Å². The maximum atomic E-state index is 12.6. The zero-order valence-corrected chi connectivity index (χ0v) is 13.1. The molecule has 1 unspecified atom stereocenters. The predicted octanol–water partition coefficient (Wildman–Crippen LogP) is 1.63. The molecule has 118 valence electrons. The van der Waals surface area contributed by atoms with Gasteiger partial charge in [0.05, 0.1) is 5.69 Å². The molecule has 0 aromatic carbocycles. The molecule has 3 heterocycles. The maximum Gasteiger partial charge on any atom is 0.225 e. The molecule has 1 saturated heterocycles. The van der Waals surface area contributed by atoms with Crippen molar-refractivity contribution in [3.05, 3.63) is 23.3 Å². The molecule has 1 saturated carbocycles. The van der Waals surface area contributed by atoms with Gasteiger partial charge in [-0.2, -0.15) is 0 Å². The average molecular weight is 300 g/mol. The van der Waals surface area contributed by atoms with Crippen LogP contribution in [-0.2, 0) is 17.8 Å². The second kappa shape index (κ2) is 5.95. The van der Waals surface area contributed by atoms with E-state index < -0.39 is 0 Å². The Bertz CT molecular complexity index is 562. The van der Waals surface area contributed by atoms with Crippen LogP contribution in [0.15, 0.2) is 6.20 Å². The van der Waals surface area contributed by atoms with Gasteiger partial charge in [-0.1, -0.05) is 12.8 Å². The highest BCUT2D eigenvalue weighted by molar-refractivity contribution is 5.79. The molecule has 22 heavy (non-hydrogen) atoms. The monoisotopic (exact) mass is 300 g/mol. The van der Waals surface area contributed by atoms with Gasteiger partial charge in [0.15, 0.2) is 0 Å². The summed E-state index contributed by atoms with van der Waals surface area (Å²) in [6, 6.07) is 0. The fourth-order valence-electron chi connectivity index (χ4n) is 4.02. The molecular weight excluding hydrogens is 276 g/mol. The van der Waals surface area contributed by atoms with Crippen LogP contribution in [0, 0.1) is 5.92 Å². The summed E-state index contributed by atoms with van der Waals surface area (Å²) >= 11 is 0. The van der Waals surface area contributed by atoms with Crippen molar-refractivity contribution >= 4 is 5.91 Å². The molecule has 1 aromatic rings. The Morgan fingerprint density at radius 1 is 1.27 bits per heavy atom. The zero-order valence-electron chi connectivity index (χ0n) is 13.1. The summed E-state index contributed by atoms with van der Waals surface area (Å²) in [6.45, 7) is 3.58. The molecule has 2 fully saturated rings. The number of carbonyl (C=O) groups is 1. The molecular formula is C17H24N4O. The minimum atomic E-state index is 0.270. The van der Waals surface area contributed by atoms with E-state index in [1.807, 2.05) is 11.1 Å². The van der Waals surface area contributed by atoms with Crippen LogP contribution in [0.25, 0.3) is 0 Å². The van der Waals surface area contributed by atoms with Crippen molar-refractivity contribution in [2.45, 2.75) is 51.0 Å². The number of amides is 1. The third-order valence-corrected chi connectivity index (χ3v) is 5.39. The van der Waals surface area contributed by atoms with E-state index in [2.05, 4.69) is 10.3 Å². The molecule has 1 amide bonds. The van der Waals surface area contributed by atoms with E-state index in [9.17, 15) is 4.79 Å². The van der Waals surface area contributed by atoms with Gasteiger partial charge in [-0.05, 0) is 25.8 Å². The van der Waals surface area contributed by atoms with Crippen LogP contribution in [0.1, 0.15) is 55.1 Å². The minimum Gasteiger partial charge on any atom is -0.338 e. The lowest BCUT2D eigenvalue weighted by Gasteiger charge is -2.30. The Kier molecular flexibility index (Phi) is 3.82. The van der Waals surface area contributed by atoms with E-state index in [1.54, 1.807) is 0 Å². The van der Waals surface area contributed by atoms with Crippen LogP contribution >= 0.6 is 0 Å². The highest BCUT2D eigenvalue weighted by Crippen LogP contribution is 2.29. The summed E-state index contributed by atoms with van der Waals surface area (Å²) in [5, 5.41) is 3.37. The molecule has 1 aliphatic carbocycles. The fourth-order valence-corrected chi connectivity index (χ4v) is 4.02. The molecule has 1 atom stereocenters. The molecule has 5 heteroatoms. The number of hydrogen-bond acceptors (Lipinski definition) is 4. The second-order valence-electron chi connectivity index (χ2n) is 6.88. The van der Waals surface area contributed by atoms with E-state index in [0.717, 1.165) is 62.4 Å². The Hall–Kier alpha value is -1.49. The second-order valence-corrected chi connectivity index (χ2v) is 6.88. The van der Waals surface area contributed by atoms with Gasteiger partial charge >= 0.3 is 0 Å². The summed E-state index contributed by atoms with van der Waals surface area (Å²) in [4.78, 5) is 24.0. The fraction of sp³-hybridized carbons (Fsp3) is 0.706. The normalized spacial score (nSPS) is 25.5. The smallest absolute Gasteiger partial charge is 0.225 e. The quantitative estimate of drug-likeness (QED) is 0.902. The van der Waals surface area contributed by atoms with Gasteiger partial charge < -0.3 is 10.2 Å². The first-order chi connectivity index (χ1) is 10.8. The molecule has 1 aromatic heterocycles. The van der Waals surface area contributed by atoms with Crippen molar-refractivity contribution in [3.8, 4) is 0 Å². The first-order valence-electron chi connectivity index (χ1n) is 8.65. The SMILES string of the molecule is O=C(C1CCCC1)N1CCc2nc(C3CCNC3)ncc2C1. The van der Waals surface area contributed by atoms with Crippen molar-refractivity contribution in [1.29, 1.82) is 0 Å². The first-order valence-corrected chi connectivity index (χ1v) is 8.65. The Labute approximate surface area is 131 Å². The van der Waals surface area contributed by atoms with Crippen LogP contribution in [0.3, 0.4) is 0 Å². The van der Waals surface area contributed by atoms with Gasteiger partial charge in [-0.25, -0.2) is 9.97 Å². The summed E-state index contributed by atoms with van der Waals surface area (Å²) < 4.78 is 0. The molecule has 1 N–H and O–H groups in total. The number of nitrogens with zero attached hydrogens (tertiary/aromatic N) is 3. The highest BCUT2D eigenvalue weighted by Gasteiger charge is 2.30. The Morgan fingerprint density at radius 3 is 2.91 bits per heavy atom. The Morgan fingerprint density at radius 2 is 2.14 bits per heavy atom. The Balaban J connectivity index is 1.48. The van der Waals surface area contributed by atoms with E-state index >= 15 is 0 Å². The summed E-state index contributed by atoms with van der Waals surface area (Å²) in [5.41, 5.74) is 2.31. The van der Waals surface area contributed by atoms with Crippen molar-refractivity contribution < 1.29 is 4.79 Å². The van der Waals surface area contributed by atoms with Gasteiger partial charge in [0.1, 0.15) is 5.82 Å². The number of carbonyl (C=O) groups excluding carboxylic acids is 1. The standard InChI is InChI=1S/C17H24N4O/c22-17(12-3-1-2-4-12)21-8-6-15-14(11-21)10-19-16(20-15)13-5-7-18-9-13/h10,12-13,18H,1-9,11H2. The average Bonchev–Trinajstić information content (AvgIpc) is 3.26. The van der Waals surface area contributed by atoms with Gasteiger partial charge in [-0.15, -0.1) is 0 Å². The first kappa shape index (κ1) is 14.1. The van der Waals surface area contributed by atoms with Crippen LogP contribution < -0.4 is 5.32 Å². The largest absolute Gasteiger partial charge is 0.338 e. The maximum absolute atomic E-state index is 12.6. The van der Waals surface area contributed by atoms with E-state index in [-0.39, 0.29) is 5.92 Å². The van der Waals surface area contributed by atoms with Crippen LogP contribution in [-0.4, -0.2) is 40.4 Å². The van der Waals surface area contributed by atoms with Crippen LogP contribution in [0.4, 0.5) is 0 Å². The molecule has 5 nitrogen and oxygen atoms in total. The molecule has 2 aliphatic heterocycles. The van der Waals surface area contributed by atoms with Crippen molar-refractivity contribution in [2.75, 3.05) is 19.6 Å².